The van der Waals surface area contributed by atoms with E-state index in [1.807, 2.05) is 63.2 Å². The van der Waals surface area contributed by atoms with E-state index in [2.05, 4.69) is 27.2 Å². The van der Waals surface area contributed by atoms with E-state index in [0.29, 0.717) is 91.6 Å². The van der Waals surface area contributed by atoms with Crippen LogP contribution in [0.1, 0.15) is 63.7 Å². The van der Waals surface area contributed by atoms with Crippen molar-refractivity contribution in [3.8, 4) is 5.75 Å². The third-order valence-corrected chi connectivity index (χ3v) is 16.7. The normalized spacial score (nSPS) is 16.3. The second-order valence-corrected chi connectivity index (χ2v) is 21.5. The van der Waals surface area contributed by atoms with E-state index in [9.17, 15) is 19.2 Å². The summed E-state index contributed by atoms with van der Waals surface area (Å²) in [6.45, 7) is 13.1. The fraction of sp³-hybridized carbons (Fsp3) is 0.354. The van der Waals surface area contributed by atoms with Gasteiger partial charge in [-0.05, 0) is 98.7 Å². The van der Waals surface area contributed by atoms with Crippen molar-refractivity contribution >= 4 is 104 Å². The van der Waals surface area contributed by atoms with E-state index >= 15 is 0 Å². The highest BCUT2D eigenvalue weighted by molar-refractivity contribution is 8.01. The monoisotopic (exact) mass is 997 g/mol. The number of amides is 4. The lowest BCUT2D eigenvalue weighted by Crippen LogP contribution is -2.56. The number of carbonyl (C=O) groups excluding carboxylic acids is 4. The fourth-order valence-corrected chi connectivity index (χ4v) is 12.2. The van der Waals surface area contributed by atoms with Crippen LogP contribution in [0.3, 0.4) is 0 Å². The molecule has 0 radical (unpaired) electrons. The Morgan fingerprint density at radius 2 is 1.60 bits per heavy atom. The number of ether oxygens (including phenoxy) is 1. The van der Waals surface area contributed by atoms with Gasteiger partial charge in [-0.1, -0.05) is 77.4 Å². The second kappa shape index (κ2) is 21.7. The molecule has 1 aliphatic carbocycles. The van der Waals surface area contributed by atoms with Gasteiger partial charge >= 0.3 is 0 Å². The molecule has 8 rings (SSSR count). The highest BCUT2D eigenvalue weighted by Crippen LogP contribution is 2.42. The van der Waals surface area contributed by atoms with E-state index in [4.69, 9.17) is 21.3 Å². The summed E-state index contributed by atoms with van der Waals surface area (Å²) >= 11 is 12.8. The lowest BCUT2D eigenvalue weighted by Gasteiger charge is -2.41. The summed E-state index contributed by atoms with van der Waals surface area (Å²) in [6.07, 6.45) is 11.2. The zero-order valence-electron chi connectivity index (χ0n) is 37.8. The summed E-state index contributed by atoms with van der Waals surface area (Å²) in [5.74, 6) is 1.19. The number of nitrogens with zero attached hydrogens (tertiary/aromatic N) is 7. The van der Waals surface area contributed by atoms with Crippen LogP contribution in [0.2, 0.25) is 5.02 Å². The summed E-state index contributed by atoms with van der Waals surface area (Å²) < 4.78 is 7.52. The molecule has 0 spiro atoms. The number of aromatic nitrogens is 3. The second-order valence-electron chi connectivity index (χ2n) is 16.5. The van der Waals surface area contributed by atoms with Crippen LogP contribution in [0.25, 0.3) is 6.08 Å². The number of piperazine rings is 2. The Bertz CT molecular complexity index is 2680. The van der Waals surface area contributed by atoms with Gasteiger partial charge in [0, 0.05) is 80.5 Å². The Morgan fingerprint density at radius 3 is 2.31 bits per heavy atom. The Morgan fingerprint density at radius 1 is 0.881 bits per heavy atom. The number of thiazole rings is 2. The first-order valence-corrected chi connectivity index (χ1v) is 25.8. The van der Waals surface area contributed by atoms with Gasteiger partial charge in [0.1, 0.15) is 11.6 Å². The molecule has 3 aromatic heterocycles. The molecule has 0 bridgehead atoms. The number of methoxy groups -OCH3 is 1. The molecule has 350 valence electrons. The van der Waals surface area contributed by atoms with E-state index in [1.165, 1.54) is 65.1 Å². The molecule has 3 aliphatic rings. The quantitative estimate of drug-likeness (QED) is 0.0906. The van der Waals surface area contributed by atoms with Crippen LogP contribution >= 0.6 is 57.8 Å². The number of hydrogen-bond acceptors (Lipinski definition) is 14. The van der Waals surface area contributed by atoms with Crippen molar-refractivity contribution < 1.29 is 23.9 Å². The van der Waals surface area contributed by atoms with Crippen molar-refractivity contribution in [2.75, 3.05) is 70.1 Å². The van der Waals surface area contributed by atoms with E-state index in [0.717, 1.165) is 46.1 Å². The molecular weight excluding hydrogens is 946 g/mol. The molecule has 5 heterocycles. The van der Waals surface area contributed by atoms with Crippen LogP contribution in [0, 0.1) is 19.8 Å². The number of carbonyl (C=O) groups is 4. The number of aryl methyl sites for hydroxylation is 2. The zero-order valence-corrected chi connectivity index (χ0v) is 41.8. The number of anilines is 3. The lowest BCUT2D eigenvalue weighted by molar-refractivity contribution is -0.130. The first-order valence-electron chi connectivity index (χ1n) is 22.1. The Labute approximate surface area is 412 Å². The molecule has 1 saturated carbocycles. The van der Waals surface area contributed by atoms with Gasteiger partial charge in [-0.15, -0.1) is 0 Å². The van der Waals surface area contributed by atoms with Crippen molar-refractivity contribution in [2.24, 2.45) is 5.92 Å². The molecule has 19 heteroatoms. The van der Waals surface area contributed by atoms with Crippen molar-refractivity contribution in [3.05, 3.63) is 107 Å². The summed E-state index contributed by atoms with van der Waals surface area (Å²) in [6, 6.07) is 13.0. The predicted octanol–water partition coefficient (Wildman–Crippen LogP) is 9.39. The molecule has 0 unspecified atom stereocenters. The minimum Gasteiger partial charge on any atom is -0.496 e. The Hall–Kier alpha value is -5.40. The van der Waals surface area contributed by atoms with E-state index in [-0.39, 0.29) is 29.7 Å². The molecule has 5 aromatic rings. The van der Waals surface area contributed by atoms with Crippen LogP contribution in [0.5, 0.6) is 5.75 Å². The maximum absolute atomic E-state index is 14.1. The molecular formula is C48H52ClN9O5S4. The summed E-state index contributed by atoms with van der Waals surface area (Å²) in [4.78, 5) is 76.8. The number of rotatable bonds is 16. The van der Waals surface area contributed by atoms with Gasteiger partial charge in [0.25, 0.3) is 11.8 Å². The number of nitrogens with one attached hydrogen (secondary N) is 2. The average Bonchev–Trinajstić information content (AvgIpc) is 3.95. The summed E-state index contributed by atoms with van der Waals surface area (Å²) in [5.41, 5.74) is 3.38. The van der Waals surface area contributed by atoms with Gasteiger partial charge in [0.2, 0.25) is 11.8 Å². The highest BCUT2D eigenvalue weighted by atomic mass is 35.5. The van der Waals surface area contributed by atoms with Gasteiger partial charge in [-0.2, -0.15) is 0 Å². The minimum absolute atomic E-state index is 0.114. The molecule has 2 N–H and O–H groups in total. The topological polar surface area (TPSA) is 153 Å². The highest BCUT2D eigenvalue weighted by Gasteiger charge is 2.32. The third kappa shape index (κ3) is 11.7. The maximum atomic E-state index is 14.1. The van der Waals surface area contributed by atoms with Gasteiger partial charge in [0.05, 0.1) is 43.6 Å². The Balaban J connectivity index is 0.925. The third-order valence-electron chi connectivity index (χ3n) is 11.8. The molecule has 3 fully saturated rings. The number of pyridine rings is 1. The summed E-state index contributed by atoms with van der Waals surface area (Å²) in [7, 11) is 1.56. The summed E-state index contributed by atoms with van der Waals surface area (Å²) in [5, 5.41) is 8.56. The van der Waals surface area contributed by atoms with Crippen molar-refractivity contribution in [1.29, 1.82) is 0 Å². The van der Waals surface area contributed by atoms with Crippen LogP contribution in [-0.2, 0) is 9.59 Å². The molecule has 14 nitrogen and oxygen atoms in total. The van der Waals surface area contributed by atoms with Gasteiger partial charge in [-0.25, -0.2) is 15.0 Å². The lowest BCUT2D eigenvalue weighted by atomic mass is 10.1. The standard InChI is InChI=1S/C48H52ClN9O5S4/c1-6-32-28-57(20-21-58(32)41(59)7-2)44(61)33-24-39(29(3)22-35(33)49)65-46-36(53-47(67-46)51-26-31-11-12-31)13-14-42(60)55-16-18-56(19-17-55)45(62)34-25-38(30(4)23-37(34)63-5)64-43-27-52-48(66-43)54-40-10-8-9-15-50-40/h7-10,13-15,22-25,27,31-32H,2,6,11-12,16-21,26,28H2,1,3-5H3,(H,51,53)(H,50,52,54)/b14-13-/t32-/m1/s1. The maximum Gasteiger partial charge on any atom is 0.257 e. The number of hydrogen-bond donors (Lipinski definition) is 2. The van der Waals surface area contributed by atoms with E-state index < -0.39 is 0 Å². The van der Waals surface area contributed by atoms with Crippen LogP contribution in [0.15, 0.2) is 91.8 Å². The van der Waals surface area contributed by atoms with Gasteiger partial charge < -0.3 is 35.0 Å². The smallest absolute Gasteiger partial charge is 0.257 e. The van der Waals surface area contributed by atoms with E-state index in [1.54, 1.807) is 51.3 Å². The Kier molecular flexibility index (Phi) is 15.6. The van der Waals surface area contributed by atoms with Crippen molar-refractivity contribution in [3.63, 3.8) is 0 Å². The average molecular weight is 999 g/mol. The molecule has 1 atom stereocenters. The molecule has 2 saturated heterocycles. The first-order chi connectivity index (χ1) is 32.4. The SMILES string of the molecule is C=CC(=O)N1CCN(C(=O)c2cc(Sc3sc(NCC4CC4)nc3/C=C\C(=O)N3CCN(C(=O)c4cc(Sc5cnc(Nc6ccccn6)s5)c(C)cc4OC)CC3)c(C)cc2Cl)C[C@H]1CC. The van der Waals surface area contributed by atoms with Crippen LogP contribution in [-0.4, -0.2) is 124 Å². The van der Waals surface area contributed by atoms with Crippen LogP contribution < -0.4 is 15.4 Å². The molecule has 2 aromatic carbocycles. The number of halogens is 1. The van der Waals surface area contributed by atoms with Crippen molar-refractivity contribution in [1.82, 2.24) is 34.6 Å². The molecule has 2 aliphatic heterocycles. The number of benzene rings is 2. The molecule has 4 amide bonds. The minimum atomic E-state index is -0.183. The molecule has 67 heavy (non-hydrogen) atoms. The largest absolute Gasteiger partial charge is 0.496 e. The van der Waals surface area contributed by atoms with Gasteiger partial charge in [0.15, 0.2) is 10.3 Å². The fourth-order valence-electron chi connectivity index (χ4n) is 7.80. The zero-order chi connectivity index (χ0) is 47.2. The van der Waals surface area contributed by atoms with Crippen molar-refractivity contribution in [2.45, 2.75) is 64.3 Å². The van der Waals surface area contributed by atoms with Gasteiger partial charge in [-0.3, -0.25) is 19.2 Å². The van der Waals surface area contributed by atoms with Crippen LogP contribution in [0.4, 0.5) is 16.1 Å². The predicted molar refractivity (Wildman–Crippen MR) is 269 cm³/mol. The first kappa shape index (κ1) is 48.1.